The first kappa shape index (κ1) is 11.2. The zero-order chi connectivity index (χ0) is 10.6. The van der Waals surface area contributed by atoms with Gasteiger partial charge < -0.3 is 4.72 Å². The van der Waals surface area contributed by atoms with Crippen LogP contribution in [0.1, 0.15) is 26.3 Å². The minimum absolute atomic E-state index is 0.101. The number of anilines is 1. The van der Waals surface area contributed by atoms with Gasteiger partial charge in [0.2, 0.25) is 0 Å². The molecule has 0 fully saturated rings. The molecule has 0 heterocycles. The Balaban J connectivity index is 2.96. The Morgan fingerprint density at radius 2 is 1.79 bits per heavy atom. The van der Waals surface area contributed by atoms with Gasteiger partial charge in [-0.05, 0) is 24.6 Å². The third-order valence-corrected chi connectivity index (χ3v) is 2.60. The predicted molar refractivity (Wildman–Crippen MR) is 66.9 cm³/mol. The van der Waals surface area contributed by atoms with Gasteiger partial charge >= 0.3 is 0 Å². The highest BCUT2D eigenvalue weighted by atomic mass is 32.1. The number of rotatable bonds is 3. The van der Waals surface area contributed by atoms with E-state index in [1.54, 1.807) is 0 Å². The molecule has 0 saturated carbocycles. The van der Waals surface area contributed by atoms with Gasteiger partial charge in [0.15, 0.2) is 0 Å². The van der Waals surface area contributed by atoms with Gasteiger partial charge in [-0.1, -0.05) is 50.9 Å². The summed E-state index contributed by atoms with van der Waals surface area (Å²) in [5.41, 5.74) is 2.43. The summed E-state index contributed by atoms with van der Waals surface area (Å²) in [4.78, 5) is 0. The van der Waals surface area contributed by atoms with Gasteiger partial charge in [0.05, 0.1) is 0 Å². The molecule has 0 amide bonds. The van der Waals surface area contributed by atoms with E-state index >= 15 is 0 Å². The Hall–Kier alpha value is -0.890. The summed E-state index contributed by atoms with van der Waals surface area (Å²) in [5.74, 6) is 0. The summed E-state index contributed by atoms with van der Waals surface area (Å²) in [6, 6.07) is 8.32. The van der Waals surface area contributed by atoms with Crippen LogP contribution in [0.3, 0.4) is 0 Å². The Bertz CT molecular complexity index is 312. The first-order chi connectivity index (χ1) is 6.60. The third-order valence-electron chi connectivity index (χ3n) is 2.34. The average Bonchev–Trinajstić information content (AvgIpc) is 2.18. The van der Waals surface area contributed by atoms with Crippen molar-refractivity contribution in [1.82, 2.24) is 0 Å². The van der Waals surface area contributed by atoms with Crippen LogP contribution in [-0.4, -0.2) is 0 Å². The molecular weight excluding hydrogens is 190 g/mol. The van der Waals surface area contributed by atoms with Crippen molar-refractivity contribution < 1.29 is 0 Å². The average molecular weight is 207 g/mol. The van der Waals surface area contributed by atoms with Crippen LogP contribution in [0, 0.1) is 0 Å². The Labute approximate surface area is 91.8 Å². The molecule has 76 valence electrons. The lowest BCUT2D eigenvalue weighted by molar-refractivity contribution is 0.669. The molecule has 1 aromatic rings. The fourth-order valence-corrected chi connectivity index (χ4v) is 1.64. The van der Waals surface area contributed by atoms with Crippen molar-refractivity contribution in [2.24, 2.45) is 0 Å². The first-order valence-electron chi connectivity index (χ1n) is 4.74. The Kier molecular flexibility index (Phi) is 3.64. The van der Waals surface area contributed by atoms with E-state index in [0.29, 0.717) is 0 Å². The van der Waals surface area contributed by atoms with Crippen molar-refractivity contribution in [3.8, 4) is 0 Å². The van der Waals surface area contributed by atoms with Crippen LogP contribution < -0.4 is 4.72 Å². The summed E-state index contributed by atoms with van der Waals surface area (Å²) in [7, 11) is 0. The molecule has 0 aromatic heterocycles. The maximum Gasteiger partial charge on any atom is 0.0438 e. The van der Waals surface area contributed by atoms with Crippen molar-refractivity contribution in [2.45, 2.75) is 26.2 Å². The summed E-state index contributed by atoms with van der Waals surface area (Å²) >= 11 is 3.99. The lowest BCUT2D eigenvalue weighted by Crippen LogP contribution is -2.12. The van der Waals surface area contributed by atoms with Crippen LogP contribution in [0.25, 0.3) is 0 Å². The molecule has 0 unspecified atom stereocenters. The van der Waals surface area contributed by atoms with Crippen molar-refractivity contribution in [1.29, 1.82) is 0 Å². The van der Waals surface area contributed by atoms with E-state index in [2.05, 4.69) is 55.7 Å². The fourth-order valence-electron chi connectivity index (χ4n) is 1.49. The monoisotopic (exact) mass is 207 g/mol. The van der Waals surface area contributed by atoms with Gasteiger partial charge in [-0.25, -0.2) is 0 Å². The lowest BCUT2D eigenvalue weighted by atomic mass is 9.84. The van der Waals surface area contributed by atoms with Crippen LogP contribution in [0.15, 0.2) is 36.4 Å². The lowest BCUT2D eigenvalue weighted by Gasteiger charge is -2.21. The molecule has 0 aliphatic rings. The van der Waals surface area contributed by atoms with Gasteiger partial charge in [0.1, 0.15) is 0 Å². The number of hydrogen-bond donors (Lipinski definition) is 2. The minimum Gasteiger partial charge on any atom is -0.332 e. The molecule has 1 aromatic carbocycles. The molecule has 14 heavy (non-hydrogen) atoms. The molecule has 0 saturated heterocycles. The van der Waals surface area contributed by atoms with Crippen LogP contribution in [0.2, 0.25) is 0 Å². The number of hydrogen-bond acceptors (Lipinski definition) is 2. The molecule has 1 rings (SSSR count). The normalized spacial score (nSPS) is 12.0. The van der Waals surface area contributed by atoms with E-state index in [4.69, 9.17) is 0 Å². The maximum atomic E-state index is 3.99. The number of benzene rings is 1. The largest absolute Gasteiger partial charge is 0.332 e. The SMILES string of the molecule is C/C=C/C(C)(C)c1ccc(NS)cc1. The smallest absolute Gasteiger partial charge is 0.0438 e. The molecule has 0 aliphatic carbocycles. The maximum absolute atomic E-state index is 3.99. The van der Waals surface area contributed by atoms with Crippen LogP contribution in [-0.2, 0) is 5.41 Å². The molecule has 1 N–H and O–H groups in total. The highest BCUT2D eigenvalue weighted by Gasteiger charge is 2.15. The molecule has 2 heteroatoms. The van der Waals surface area contributed by atoms with Crippen LogP contribution in [0.5, 0.6) is 0 Å². The zero-order valence-corrected chi connectivity index (χ0v) is 9.81. The van der Waals surface area contributed by atoms with Crippen molar-refractivity contribution in [3.05, 3.63) is 42.0 Å². The van der Waals surface area contributed by atoms with E-state index in [9.17, 15) is 0 Å². The van der Waals surface area contributed by atoms with Gasteiger partial charge in [0, 0.05) is 11.1 Å². The molecule has 0 atom stereocenters. The fraction of sp³-hybridized carbons (Fsp3) is 0.333. The molecule has 1 nitrogen and oxygen atoms in total. The van der Waals surface area contributed by atoms with Crippen LogP contribution in [0.4, 0.5) is 5.69 Å². The third kappa shape index (κ3) is 2.55. The van der Waals surface area contributed by atoms with Crippen molar-refractivity contribution in [2.75, 3.05) is 4.72 Å². The van der Waals surface area contributed by atoms with Crippen molar-refractivity contribution >= 4 is 18.5 Å². The molecule has 0 radical (unpaired) electrons. The summed E-state index contributed by atoms with van der Waals surface area (Å²) in [6.45, 7) is 6.46. The second-order valence-corrected chi connectivity index (χ2v) is 4.13. The van der Waals surface area contributed by atoms with Gasteiger partial charge in [0.25, 0.3) is 0 Å². The molecule has 0 spiro atoms. The summed E-state index contributed by atoms with van der Waals surface area (Å²) in [5, 5.41) is 0. The standard InChI is InChI=1S/C12H17NS/c1-4-9-12(2,3)10-5-7-11(13-14)8-6-10/h4-9,13-14H,1-3H3/b9-4+. The zero-order valence-electron chi connectivity index (χ0n) is 8.91. The highest BCUT2D eigenvalue weighted by molar-refractivity contribution is 7.81. The van der Waals surface area contributed by atoms with E-state index in [-0.39, 0.29) is 5.41 Å². The predicted octanol–water partition coefficient (Wildman–Crippen LogP) is 3.80. The minimum atomic E-state index is 0.101. The van der Waals surface area contributed by atoms with E-state index in [1.165, 1.54) is 5.56 Å². The second kappa shape index (κ2) is 4.56. The molecular formula is C12H17NS. The Morgan fingerprint density at radius 1 is 1.21 bits per heavy atom. The topological polar surface area (TPSA) is 12.0 Å². The Morgan fingerprint density at radius 3 is 2.21 bits per heavy atom. The van der Waals surface area contributed by atoms with E-state index in [0.717, 1.165) is 5.69 Å². The summed E-state index contributed by atoms with van der Waals surface area (Å²) in [6.07, 6.45) is 4.29. The summed E-state index contributed by atoms with van der Waals surface area (Å²) < 4.78 is 2.81. The molecule has 0 bridgehead atoms. The highest BCUT2D eigenvalue weighted by Crippen LogP contribution is 2.25. The van der Waals surface area contributed by atoms with Gasteiger partial charge in [-0.2, -0.15) is 0 Å². The number of allylic oxidation sites excluding steroid dienone is 2. The van der Waals surface area contributed by atoms with Gasteiger partial charge in [-0.15, -0.1) is 0 Å². The first-order valence-corrected chi connectivity index (χ1v) is 5.19. The second-order valence-electron chi connectivity index (χ2n) is 3.91. The molecule has 0 aliphatic heterocycles. The number of nitrogens with one attached hydrogen (secondary N) is 1. The number of thiol groups is 1. The van der Waals surface area contributed by atoms with Crippen molar-refractivity contribution in [3.63, 3.8) is 0 Å². The van der Waals surface area contributed by atoms with E-state index in [1.807, 2.05) is 19.1 Å². The van der Waals surface area contributed by atoms with E-state index < -0.39 is 0 Å². The van der Waals surface area contributed by atoms with Crippen LogP contribution >= 0.6 is 12.8 Å². The van der Waals surface area contributed by atoms with Gasteiger partial charge in [-0.3, -0.25) is 0 Å². The quantitative estimate of drug-likeness (QED) is 0.567.